The predicted molar refractivity (Wildman–Crippen MR) is 111 cm³/mol. The summed E-state index contributed by atoms with van der Waals surface area (Å²) in [7, 11) is 0. The molecule has 0 atom stereocenters. The van der Waals surface area contributed by atoms with E-state index in [2.05, 4.69) is 20.4 Å². The van der Waals surface area contributed by atoms with Gasteiger partial charge in [-0.05, 0) is 36.4 Å². The SMILES string of the molecule is O=C(NCCCCCc1nc(-c2cccs2)no1)c1cncn1-c1ccccc1. The van der Waals surface area contributed by atoms with Crippen molar-refractivity contribution in [3.8, 4) is 16.4 Å². The lowest BCUT2D eigenvalue weighted by Gasteiger charge is -2.08. The van der Waals surface area contributed by atoms with Crippen LogP contribution >= 0.6 is 11.3 Å². The fourth-order valence-corrected chi connectivity index (χ4v) is 3.64. The zero-order chi connectivity index (χ0) is 19.9. The Kier molecular flexibility index (Phi) is 6.11. The second-order valence-corrected chi connectivity index (χ2v) is 7.49. The van der Waals surface area contributed by atoms with Crippen molar-refractivity contribution in [2.75, 3.05) is 6.54 Å². The van der Waals surface area contributed by atoms with Gasteiger partial charge in [-0.15, -0.1) is 11.3 Å². The number of para-hydroxylation sites is 1. The fourth-order valence-electron chi connectivity index (χ4n) is 2.99. The number of thiophene rings is 1. The number of amides is 1. The zero-order valence-electron chi connectivity index (χ0n) is 15.8. The number of carbonyl (C=O) groups is 1. The number of aromatic nitrogens is 4. The second kappa shape index (κ2) is 9.29. The predicted octanol–water partition coefficient (Wildman–Crippen LogP) is 4.13. The number of aryl methyl sites for hydroxylation is 1. The average Bonchev–Trinajstić information content (AvgIpc) is 3.52. The van der Waals surface area contributed by atoms with Gasteiger partial charge in [0, 0.05) is 18.7 Å². The summed E-state index contributed by atoms with van der Waals surface area (Å²) in [6.07, 6.45) is 6.77. The van der Waals surface area contributed by atoms with Gasteiger partial charge in [-0.3, -0.25) is 9.36 Å². The largest absolute Gasteiger partial charge is 0.351 e. The topological polar surface area (TPSA) is 85.8 Å². The molecule has 1 aromatic carbocycles. The fraction of sp³-hybridized carbons (Fsp3) is 0.238. The van der Waals surface area contributed by atoms with Crippen molar-refractivity contribution >= 4 is 17.2 Å². The van der Waals surface area contributed by atoms with E-state index in [-0.39, 0.29) is 5.91 Å². The normalized spacial score (nSPS) is 10.9. The number of benzene rings is 1. The molecule has 29 heavy (non-hydrogen) atoms. The molecule has 148 valence electrons. The Hall–Kier alpha value is -3.26. The van der Waals surface area contributed by atoms with E-state index in [0.717, 1.165) is 36.2 Å². The van der Waals surface area contributed by atoms with Crippen LogP contribution in [0.4, 0.5) is 0 Å². The van der Waals surface area contributed by atoms with Gasteiger partial charge in [0.15, 0.2) is 0 Å². The minimum Gasteiger partial charge on any atom is -0.351 e. The molecule has 0 saturated carbocycles. The standard InChI is InChI=1S/C21H21N5O2S/c27-21(17-14-22-15-26(17)16-8-3-1-4-9-16)23-12-6-2-5-11-19-24-20(25-28-19)18-10-7-13-29-18/h1,3-4,7-10,13-15H,2,5-6,11-12H2,(H,23,27). The van der Waals surface area contributed by atoms with Crippen LogP contribution in [-0.2, 0) is 6.42 Å². The third-order valence-corrected chi connectivity index (χ3v) is 5.33. The summed E-state index contributed by atoms with van der Waals surface area (Å²) in [6, 6.07) is 13.6. The van der Waals surface area contributed by atoms with E-state index >= 15 is 0 Å². The first-order chi connectivity index (χ1) is 14.3. The highest BCUT2D eigenvalue weighted by Gasteiger charge is 2.12. The minimum absolute atomic E-state index is 0.121. The monoisotopic (exact) mass is 407 g/mol. The molecule has 0 aliphatic heterocycles. The number of imidazole rings is 1. The lowest BCUT2D eigenvalue weighted by Crippen LogP contribution is -2.26. The van der Waals surface area contributed by atoms with Gasteiger partial charge in [0.25, 0.3) is 5.91 Å². The molecule has 0 fully saturated rings. The van der Waals surface area contributed by atoms with Crippen molar-refractivity contribution in [3.63, 3.8) is 0 Å². The van der Waals surface area contributed by atoms with Crippen molar-refractivity contribution in [1.29, 1.82) is 0 Å². The maximum Gasteiger partial charge on any atom is 0.269 e. The number of nitrogens with zero attached hydrogens (tertiary/aromatic N) is 4. The van der Waals surface area contributed by atoms with Crippen molar-refractivity contribution in [2.24, 2.45) is 0 Å². The lowest BCUT2D eigenvalue weighted by molar-refractivity contribution is 0.0946. The van der Waals surface area contributed by atoms with Crippen LogP contribution in [0.5, 0.6) is 0 Å². The van der Waals surface area contributed by atoms with E-state index in [4.69, 9.17) is 4.52 Å². The van der Waals surface area contributed by atoms with Crippen molar-refractivity contribution in [2.45, 2.75) is 25.7 Å². The van der Waals surface area contributed by atoms with E-state index in [0.29, 0.717) is 24.0 Å². The highest BCUT2D eigenvalue weighted by Crippen LogP contribution is 2.21. The molecule has 0 saturated heterocycles. The van der Waals surface area contributed by atoms with Crippen LogP contribution in [0.15, 0.2) is 64.9 Å². The first-order valence-corrected chi connectivity index (χ1v) is 10.4. The maximum absolute atomic E-state index is 12.5. The molecule has 4 rings (SSSR count). The molecule has 7 nitrogen and oxygen atoms in total. The van der Waals surface area contributed by atoms with Crippen LogP contribution in [0.25, 0.3) is 16.4 Å². The van der Waals surface area contributed by atoms with Gasteiger partial charge in [0.1, 0.15) is 5.69 Å². The molecule has 0 radical (unpaired) electrons. The van der Waals surface area contributed by atoms with Gasteiger partial charge in [0.05, 0.1) is 17.4 Å². The molecule has 4 aromatic rings. The number of rotatable bonds is 9. The maximum atomic E-state index is 12.5. The zero-order valence-corrected chi connectivity index (χ0v) is 16.6. The molecule has 1 N–H and O–H groups in total. The number of carbonyl (C=O) groups excluding carboxylic acids is 1. The van der Waals surface area contributed by atoms with Crippen LogP contribution in [0.1, 0.15) is 35.6 Å². The molecule has 8 heteroatoms. The molecule has 3 aromatic heterocycles. The number of nitrogens with one attached hydrogen (secondary N) is 1. The Labute approximate surface area is 172 Å². The van der Waals surface area contributed by atoms with E-state index in [1.807, 2.05) is 47.8 Å². The molecule has 1 amide bonds. The molecule has 0 unspecified atom stereocenters. The summed E-state index contributed by atoms with van der Waals surface area (Å²) in [5, 5.41) is 8.98. The highest BCUT2D eigenvalue weighted by molar-refractivity contribution is 7.13. The van der Waals surface area contributed by atoms with Crippen molar-refractivity contribution in [3.05, 3.63) is 72.0 Å². The highest BCUT2D eigenvalue weighted by atomic mass is 32.1. The third-order valence-electron chi connectivity index (χ3n) is 4.47. The van der Waals surface area contributed by atoms with Gasteiger partial charge in [-0.2, -0.15) is 4.98 Å². The summed E-state index contributed by atoms with van der Waals surface area (Å²) in [6.45, 7) is 0.614. The molecule has 0 spiro atoms. The second-order valence-electron chi connectivity index (χ2n) is 6.54. The smallest absolute Gasteiger partial charge is 0.269 e. The summed E-state index contributed by atoms with van der Waals surface area (Å²) in [5.41, 5.74) is 1.44. The first kappa shape index (κ1) is 19.1. The van der Waals surface area contributed by atoms with Gasteiger partial charge >= 0.3 is 0 Å². The summed E-state index contributed by atoms with van der Waals surface area (Å²) < 4.78 is 7.09. The van der Waals surface area contributed by atoms with Crippen LogP contribution < -0.4 is 5.32 Å². The molecule has 3 heterocycles. The van der Waals surface area contributed by atoms with Gasteiger partial charge in [0.2, 0.25) is 11.7 Å². The van der Waals surface area contributed by atoms with Gasteiger partial charge < -0.3 is 9.84 Å². The lowest BCUT2D eigenvalue weighted by atomic mass is 10.2. The molecule has 0 aliphatic carbocycles. The molecular weight excluding hydrogens is 386 g/mol. The van der Waals surface area contributed by atoms with Crippen molar-refractivity contribution < 1.29 is 9.32 Å². The Morgan fingerprint density at radius 1 is 1.10 bits per heavy atom. The van der Waals surface area contributed by atoms with Gasteiger partial charge in [-0.25, -0.2) is 4.98 Å². The minimum atomic E-state index is -0.121. The number of unbranched alkanes of at least 4 members (excludes halogenated alkanes) is 2. The van der Waals surface area contributed by atoms with Crippen molar-refractivity contribution in [1.82, 2.24) is 25.0 Å². The Morgan fingerprint density at radius 3 is 2.83 bits per heavy atom. The molecule has 0 aliphatic rings. The van der Waals surface area contributed by atoms with E-state index in [1.54, 1.807) is 28.4 Å². The van der Waals surface area contributed by atoms with Gasteiger partial charge in [-0.1, -0.05) is 35.8 Å². The van der Waals surface area contributed by atoms with E-state index in [1.165, 1.54) is 0 Å². The Bertz CT molecular complexity index is 1040. The number of hydrogen-bond acceptors (Lipinski definition) is 6. The molecular formula is C21H21N5O2S. The Morgan fingerprint density at radius 2 is 2.00 bits per heavy atom. The van der Waals surface area contributed by atoms with E-state index in [9.17, 15) is 4.79 Å². The van der Waals surface area contributed by atoms with Crippen LogP contribution in [-0.4, -0.2) is 32.1 Å². The van der Waals surface area contributed by atoms with Crippen LogP contribution in [0.3, 0.4) is 0 Å². The van der Waals surface area contributed by atoms with E-state index < -0.39 is 0 Å². The third kappa shape index (κ3) is 4.78. The average molecular weight is 407 g/mol. The summed E-state index contributed by atoms with van der Waals surface area (Å²) in [5.74, 6) is 1.19. The van der Waals surface area contributed by atoms with Crippen LogP contribution in [0, 0.1) is 0 Å². The summed E-state index contributed by atoms with van der Waals surface area (Å²) in [4.78, 5) is 22.0. The van der Waals surface area contributed by atoms with Crippen LogP contribution in [0.2, 0.25) is 0 Å². The first-order valence-electron chi connectivity index (χ1n) is 9.54. The summed E-state index contributed by atoms with van der Waals surface area (Å²) >= 11 is 1.59. The number of hydrogen-bond donors (Lipinski definition) is 1. The quantitative estimate of drug-likeness (QED) is 0.422. The molecule has 0 bridgehead atoms. The Balaban J connectivity index is 1.19.